The molecule has 3 rings (SSSR count). The summed E-state index contributed by atoms with van der Waals surface area (Å²) in [6.07, 6.45) is 0.132. The van der Waals surface area contributed by atoms with Gasteiger partial charge < -0.3 is 10.0 Å². The van der Waals surface area contributed by atoms with Crippen LogP contribution in [0.4, 0.5) is 18.9 Å². The van der Waals surface area contributed by atoms with Crippen molar-refractivity contribution in [2.45, 2.75) is 32.7 Å². The van der Waals surface area contributed by atoms with Gasteiger partial charge in [-0.1, -0.05) is 19.1 Å². The Kier molecular flexibility index (Phi) is 6.17. The summed E-state index contributed by atoms with van der Waals surface area (Å²) >= 11 is 0.819. The summed E-state index contributed by atoms with van der Waals surface area (Å²) in [7, 11) is 0. The second-order valence-electron chi connectivity index (χ2n) is 6.34. The number of rotatable bonds is 7. The smallest absolute Gasteiger partial charge is 0.303 e. The highest BCUT2D eigenvalue weighted by molar-refractivity contribution is 7.18. The Morgan fingerprint density at radius 1 is 1.14 bits per heavy atom. The van der Waals surface area contributed by atoms with Crippen LogP contribution in [0.25, 0.3) is 10.2 Å². The molecule has 0 fully saturated rings. The zero-order valence-corrected chi connectivity index (χ0v) is 16.2. The van der Waals surface area contributed by atoms with Crippen molar-refractivity contribution in [2.24, 2.45) is 0 Å². The summed E-state index contributed by atoms with van der Waals surface area (Å²) in [5.74, 6) is -5.09. The molecule has 1 heterocycles. The van der Waals surface area contributed by atoms with Crippen LogP contribution in [0, 0.1) is 17.5 Å². The van der Waals surface area contributed by atoms with E-state index in [1.54, 1.807) is 18.2 Å². The summed E-state index contributed by atoms with van der Waals surface area (Å²) in [6.45, 7) is 1.83. The van der Waals surface area contributed by atoms with E-state index in [4.69, 9.17) is 5.11 Å². The molecule has 5 nitrogen and oxygen atoms in total. The number of aryl methyl sites for hydroxylation is 1. The van der Waals surface area contributed by atoms with Gasteiger partial charge in [0.2, 0.25) is 5.91 Å². The third kappa shape index (κ3) is 4.56. The lowest BCUT2D eigenvalue weighted by molar-refractivity contribution is -0.138. The van der Waals surface area contributed by atoms with Gasteiger partial charge in [0.25, 0.3) is 0 Å². The zero-order chi connectivity index (χ0) is 21.1. The van der Waals surface area contributed by atoms with Crippen LogP contribution in [0.2, 0.25) is 0 Å². The number of halogens is 3. The number of amides is 1. The molecular formula is C20H17F3N2O3S. The van der Waals surface area contributed by atoms with Crippen molar-refractivity contribution in [2.75, 3.05) is 4.90 Å². The van der Waals surface area contributed by atoms with Crippen molar-refractivity contribution in [3.8, 4) is 0 Å². The molecule has 3 aromatic rings. The quantitative estimate of drug-likeness (QED) is 0.562. The second kappa shape index (κ2) is 8.60. The summed E-state index contributed by atoms with van der Waals surface area (Å²) in [5.41, 5.74) is 1.05. The van der Waals surface area contributed by atoms with Gasteiger partial charge in [-0.25, -0.2) is 18.2 Å². The number of carboxylic acids is 1. The Bertz CT molecular complexity index is 1080. The molecule has 0 aliphatic heterocycles. The molecule has 1 N–H and O–H groups in total. The molecule has 0 unspecified atom stereocenters. The number of benzene rings is 2. The van der Waals surface area contributed by atoms with E-state index in [1.165, 1.54) is 4.90 Å². The van der Waals surface area contributed by atoms with E-state index >= 15 is 0 Å². The van der Waals surface area contributed by atoms with Crippen molar-refractivity contribution in [1.82, 2.24) is 4.98 Å². The molecule has 0 atom stereocenters. The van der Waals surface area contributed by atoms with Gasteiger partial charge in [-0.3, -0.25) is 9.59 Å². The van der Waals surface area contributed by atoms with Crippen molar-refractivity contribution < 1.29 is 27.9 Å². The van der Waals surface area contributed by atoms with E-state index in [-0.39, 0.29) is 29.1 Å². The summed E-state index contributed by atoms with van der Waals surface area (Å²) in [6, 6.07) is 7.58. The molecule has 0 saturated heterocycles. The minimum Gasteiger partial charge on any atom is -0.481 e. The minimum absolute atomic E-state index is 0.120. The van der Waals surface area contributed by atoms with Crippen LogP contribution in [0.3, 0.4) is 0 Å². The number of nitrogens with zero attached hydrogens (tertiary/aromatic N) is 2. The number of thiazole rings is 1. The van der Waals surface area contributed by atoms with Crippen LogP contribution in [0.1, 0.15) is 30.3 Å². The lowest BCUT2D eigenvalue weighted by atomic mass is 10.1. The van der Waals surface area contributed by atoms with Crippen LogP contribution in [0.15, 0.2) is 30.3 Å². The van der Waals surface area contributed by atoms with Crippen LogP contribution >= 0.6 is 11.3 Å². The number of aliphatic carboxylic acids is 1. The van der Waals surface area contributed by atoms with Crippen molar-refractivity contribution in [1.29, 1.82) is 0 Å². The Morgan fingerprint density at radius 2 is 1.90 bits per heavy atom. The lowest BCUT2D eigenvalue weighted by Crippen LogP contribution is -2.30. The number of hydrogen-bond donors (Lipinski definition) is 1. The van der Waals surface area contributed by atoms with Crippen molar-refractivity contribution >= 4 is 39.1 Å². The topological polar surface area (TPSA) is 70.5 Å². The lowest BCUT2D eigenvalue weighted by Gasteiger charge is -2.22. The largest absolute Gasteiger partial charge is 0.481 e. The molecular weight excluding hydrogens is 405 g/mol. The van der Waals surface area contributed by atoms with E-state index in [1.807, 2.05) is 13.0 Å². The zero-order valence-electron chi connectivity index (χ0n) is 15.4. The fraction of sp³-hybridized carbons (Fsp3) is 0.250. The maximum Gasteiger partial charge on any atom is 0.303 e. The second-order valence-corrected chi connectivity index (χ2v) is 7.42. The molecule has 1 aromatic heterocycles. The van der Waals surface area contributed by atoms with Crippen LogP contribution in [-0.4, -0.2) is 22.0 Å². The highest BCUT2D eigenvalue weighted by Gasteiger charge is 2.22. The molecule has 0 aliphatic rings. The standard InChI is InChI=1S/C20H17F3N2O3S/c1-2-11-4-3-5-12(8-11)25(16(26)6-7-17(27)28)10-15-24-19-18(23)13(21)9-14(22)20(19)29-15/h3-5,8-9H,2,6-7,10H2,1H3,(H,27,28). The van der Waals surface area contributed by atoms with E-state index in [2.05, 4.69) is 4.98 Å². The van der Waals surface area contributed by atoms with E-state index in [0.29, 0.717) is 11.8 Å². The molecule has 1 amide bonds. The first kappa shape index (κ1) is 20.8. The van der Waals surface area contributed by atoms with Gasteiger partial charge in [0.1, 0.15) is 16.3 Å². The van der Waals surface area contributed by atoms with Gasteiger partial charge in [-0.15, -0.1) is 11.3 Å². The molecule has 0 aliphatic carbocycles. The number of carbonyl (C=O) groups is 2. The maximum absolute atomic E-state index is 14.0. The predicted molar refractivity (Wildman–Crippen MR) is 103 cm³/mol. The summed E-state index contributed by atoms with van der Waals surface area (Å²) in [4.78, 5) is 28.8. The highest BCUT2D eigenvalue weighted by Crippen LogP contribution is 2.30. The monoisotopic (exact) mass is 422 g/mol. The molecule has 0 bridgehead atoms. The molecule has 0 radical (unpaired) electrons. The number of fused-ring (bicyclic) bond motifs is 1. The number of anilines is 1. The molecule has 0 spiro atoms. The normalized spacial score (nSPS) is 11.0. The van der Waals surface area contributed by atoms with Gasteiger partial charge in [-0.05, 0) is 24.1 Å². The molecule has 29 heavy (non-hydrogen) atoms. The number of carbonyl (C=O) groups excluding carboxylic acids is 1. The number of hydrogen-bond acceptors (Lipinski definition) is 4. The fourth-order valence-corrected chi connectivity index (χ4v) is 3.80. The highest BCUT2D eigenvalue weighted by atomic mass is 32.1. The minimum atomic E-state index is -1.34. The van der Waals surface area contributed by atoms with Crippen LogP contribution in [-0.2, 0) is 22.6 Å². The molecule has 0 saturated carbocycles. The van der Waals surface area contributed by atoms with E-state index < -0.39 is 34.8 Å². The first-order chi connectivity index (χ1) is 13.8. The SMILES string of the molecule is CCc1cccc(N(Cc2nc3c(F)c(F)cc(F)c3s2)C(=O)CCC(=O)O)c1. The van der Waals surface area contributed by atoms with Gasteiger partial charge in [0, 0.05) is 18.2 Å². The first-order valence-electron chi connectivity index (χ1n) is 8.84. The summed E-state index contributed by atoms with van der Waals surface area (Å²) < 4.78 is 41.3. The summed E-state index contributed by atoms with van der Waals surface area (Å²) in [5, 5.41) is 9.07. The van der Waals surface area contributed by atoms with Gasteiger partial charge in [0.15, 0.2) is 11.6 Å². The fourth-order valence-electron chi connectivity index (χ4n) is 2.85. The Hall–Kier alpha value is -2.94. The molecule has 152 valence electrons. The van der Waals surface area contributed by atoms with Crippen molar-refractivity contribution in [3.05, 3.63) is 58.4 Å². The predicted octanol–water partition coefficient (Wildman–Crippen LogP) is 4.67. The van der Waals surface area contributed by atoms with Gasteiger partial charge in [-0.2, -0.15) is 0 Å². The number of aromatic nitrogens is 1. The molecule has 9 heteroatoms. The van der Waals surface area contributed by atoms with Crippen molar-refractivity contribution in [3.63, 3.8) is 0 Å². The van der Waals surface area contributed by atoms with Gasteiger partial charge >= 0.3 is 5.97 Å². The van der Waals surface area contributed by atoms with Crippen LogP contribution < -0.4 is 4.90 Å². The van der Waals surface area contributed by atoms with Crippen LogP contribution in [0.5, 0.6) is 0 Å². The average molecular weight is 422 g/mol. The maximum atomic E-state index is 14.0. The third-order valence-electron chi connectivity index (χ3n) is 4.34. The Morgan fingerprint density at radius 3 is 2.59 bits per heavy atom. The molecule has 2 aromatic carbocycles. The third-order valence-corrected chi connectivity index (χ3v) is 5.39. The van der Waals surface area contributed by atoms with Gasteiger partial charge in [0.05, 0.1) is 17.7 Å². The average Bonchev–Trinajstić information content (AvgIpc) is 3.13. The Labute approximate surface area is 168 Å². The first-order valence-corrected chi connectivity index (χ1v) is 9.65. The van der Waals surface area contributed by atoms with E-state index in [0.717, 1.165) is 23.3 Å². The number of carboxylic acid groups (broad SMARTS) is 1. The van der Waals surface area contributed by atoms with E-state index in [9.17, 15) is 22.8 Å². The Balaban J connectivity index is 1.99.